The monoisotopic (exact) mass is 412 g/mol. The van der Waals surface area contributed by atoms with Gasteiger partial charge < -0.3 is 0 Å². The maximum atomic E-state index is 9.87. The molecule has 2 nitrogen and oxygen atoms in total. The van der Waals surface area contributed by atoms with E-state index in [1.807, 2.05) is 0 Å². The second kappa shape index (κ2) is 5.87. The molecule has 126 valence electrons. The molecule has 0 fully saturated rings. The van der Waals surface area contributed by atoms with E-state index >= 15 is 0 Å². The van der Waals surface area contributed by atoms with Gasteiger partial charge in [0.15, 0.2) is 0 Å². The third kappa shape index (κ3) is 10.7. The van der Waals surface area contributed by atoms with E-state index in [-0.39, 0.29) is 0 Å². The minimum absolute atomic E-state index is 0.525. The molecule has 2 rings (SSSR count). The van der Waals surface area contributed by atoms with Crippen molar-refractivity contribution in [2.24, 2.45) is 7.05 Å². The van der Waals surface area contributed by atoms with E-state index in [2.05, 4.69) is 66.1 Å². The molecule has 0 N–H and O–H groups in total. The molecule has 0 saturated carbocycles. The Morgan fingerprint density at radius 2 is 1.64 bits per heavy atom. The Bertz CT molecular complexity index is 627. The van der Waals surface area contributed by atoms with Gasteiger partial charge in [-0.25, -0.2) is 0 Å². The van der Waals surface area contributed by atoms with E-state index in [4.69, 9.17) is 0 Å². The molecule has 22 heavy (non-hydrogen) atoms. The minimum atomic E-state index is -10.7. The third-order valence-electron chi connectivity index (χ3n) is 2.29. The molecule has 0 saturated heterocycles. The Labute approximate surface area is 130 Å². The van der Waals surface area contributed by atoms with E-state index in [1.54, 1.807) is 0 Å². The first kappa shape index (κ1) is 19.0. The van der Waals surface area contributed by atoms with Gasteiger partial charge in [-0.05, 0) is 0 Å². The topological polar surface area (TPSA) is 8.81 Å². The van der Waals surface area contributed by atoms with Crippen LogP contribution < -0.4 is 9.03 Å². The first-order chi connectivity index (χ1) is 9.70. The Hall–Kier alpha value is -1.04. The Morgan fingerprint density at radius 1 is 1.09 bits per heavy atom. The first-order valence-electron chi connectivity index (χ1n) is 5.96. The van der Waals surface area contributed by atoms with Crippen LogP contribution >= 0.6 is 7.81 Å². The number of benzene rings is 1. The van der Waals surface area contributed by atoms with Crippen LogP contribution in [0.4, 0.5) is 25.2 Å². The summed E-state index contributed by atoms with van der Waals surface area (Å²) >= 11 is 0.525. The summed E-state index contributed by atoms with van der Waals surface area (Å²) in [5.41, 5.74) is 2.52. The van der Waals surface area contributed by atoms with Crippen molar-refractivity contribution in [2.45, 2.75) is 12.4 Å². The van der Waals surface area contributed by atoms with E-state index in [0.29, 0.717) is 15.0 Å². The zero-order valence-electron chi connectivity index (χ0n) is 11.8. The van der Waals surface area contributed by atoms with E-state index in [9.17, 15) is 25.2 Å². The number of aromatic nitrogens is 2. The molecule has 0 amide bonds. The van der Waals surface area contributed by atoms with E-state index < -0.39 is 7.81 Å². The summed E-state index contributed by atoms with van der Waals surface area (Å²) in [5, 5.41) is 0. The van der Waals surface area contributed by atoms with Crippen molar-refractivity contribution >= 4 is 27.2 Å². The summed E-state index contributed by atoms with van der Waals surface area (Å²) in [5.74, 6) is 0. The molecule has 1 heterocycles. The number of hydrogen-bond donors (Lipinski definition) is 0. The van der Waals surface area contributed by atoms with E-state index in [0.717, 1.165) is 5.44 Å². The van der Waals surface area contributed by atoms with Crippen LogP contribution in [0.2, 0.25) is 0 Å². The van der Waals surface area contributed by atoms with Gasteiger partial charge in [-0.1, -0.05) is 0 Å². The number of imidazole rings is 1. The van der Waals surface area contributed by atoms with Crippen molar-refractivity contribution in [1.82, 2.24) is 4.57 Å². The van der Waals surface area contributed by atoms with Crippen molar-refractivity contribution in [2.75, 3.05) is 0 Å². The number of halogens is 6. The fourth-order valence-corrected chi connectivity index (χ4v) is 3.35. The fourth-order valence-electron chi connectivity index (χ4n) is 1.44. The van der Waals surface area contributed by atoms with Gasteiger partial charge in [0.2, 0.25) is 0 Å². The van der Waals surface area contributed by atoms with E-state index in [1.165, 1.54) is 10.0 Å². The molecule has 0 radical (unpaired) electrons. The van der Waals surface area contributed by atoms with Crippen LogP contribution in [-0.4, -0.2) is 19.5 Å². The molecule has 0 aliphatic heterocycles. The number of rotatable bonds is 3. The summed E-state index contributed by atoms with van der Waals surface area (Å²) < 4.78 is 65.0. The molecule has 1 aromatic heterocycles. The van der Waals surface area contributed by atoms with Crippen LogP contribution in [-0.2, 0) is 12.5 Å². The van der Waals surface area contributed by atoms with Gasteiger partial charge in [0.25, 0.3) is 0 Å². The second-order valence-electron chi connectivity index (χ2n) is 4.59. The van der Waals surface area contributed by atoms with Gasteiger partial charge in [-0.2, -0.15) is 0 Å². The standard InChI is InChI=1S/C12H15N2Se.F6P/c1-11-5-3-4-6-12(11)15-10-14-8-7-13(2)9-14;1-7(2,3,4,5)6/h3-9H,10H2,1-2H3;/q+1;-1. The maximum absolute atomic E-state index is 10.7. The van der Waals surface area contributed by atoms with Gasteiger partial charge in [0, 0.05) is 0 Å². The summed E-state index contributed by atoms with van der Waals surface area (Å²) in [6.07, 6.45) is 6.33. The predicted molar refractivity (Wildman–Crippen MR) is 75.7 cm³/mol. The Morgan fingerprint density at radius 3 is 2.09 bits per heavy atom. The first-order valence-corrected chi connectivity index (χ1v) is 10.1. The van der Waals surface area contributed by atoms with Crippen LogP contribution in [0.5, 0.6) is 0 Å². The van der Waals surface area contributed by atoms with Gasteiger partial charge in [0.1, 0.15) is 0 Å². The molecule has 0 aliphatic carbocycles. The number of aryl methyl sites for hydroxylation is 2. The normalized spacial score (nSPS) is 14.5. The van der Waals surface area contributed by atoms with Gasteiger partial charge in [-0.15, -0.1) is 0 Å². The fraction of sp³-hybridized carbons (Fsp3) is 0.250. The quantitative estimate of drug-likeness (QED) is 0.313. The Balaban J connectivity index is 0.000000295. The second-order valence-corrected chi connectivity index (χ2v) is 8.58. The van der Waals surface area contributed by atoms with Crippen molar-refractivity contribution in [3.63, 3.8) is 0 Å². The molecular formula is C12H15F6N2PSe. The Kier molecular flexibility index (Phi) is 5.07. The molecule has 10 heteroatoms. The van der Waals surface area contributed by atoms with Crippen molar-refractivity contribution in [3.8, 4) is 0 Å². The molecule has 0 unspecified atom stereocenters. The number of nitrogens with zero attached hydrogens (tertiary/aromatic N) is 2. The summed E-state index contributed by atoms with van der Waals surface area (Å²) in [7, 11) is -8.60. The number of hydrogen-bond acceptors (Lipinski definition) is 0. The molecule has 2 aromatic rings. The van der Waals surface area contributed by atoms with Crippen LogP contribution in [0.15, 0.2) is 43.0 Å². The SMILES string of the molecule is Cc1ccccc1[Se]Cn1cc[n+](C)c1.F[P-](F)(F)(F)(F)F. The predicted octanol–water partition coefficient (Wildman–Crippen LogP) is 3.99. The average molecular weight is 411 g/mol. The zero-order valence-corrected chi connectivity index (χ0v) is 14.4. The third-order valence-corrected chi connectivity index (χ3v) is 4.80. The van der Waals surface area contributed by atoms with Crippen molar-refractivity contribution in [1.29, 1.82) is 0 Å². The molecule has 0 aliphatic rings. The summed E-state index contributed by atoms with van der Waals surface area (Å²) in [6.45, 7) is 2.19. The van der Waals surface area contributed by atoms with Crippen molar-refractivity contribution in [3.05, 3.63) is 48.5 Å². The molecule has 0 spiro atoms. The van der Waals surface area contributed by atoms with Crippen LogP contribution in [0.1, 0.15) is 5.56 Å². The van der Waals surface area contributed by atoms with Crippen LogP contribution in [0.3, 0.4) is 0 Å². The van der Waals surface area contributed by atoms with Crippen LogP contribution in [0, 0.1) is 6.92 Å². The summed E-state index contributed by atoms with van der Waals surface area (Å²) in [4.78, 5) is 0. The van der Waals surface area contributed by atoms with Gasteiger partial charge in [-0.3, -0.25) is 0 Å². The molecule has 0 bridgehead atoms. The van der Waals surface area contributed by atoms with Crippen molar-refractivity contribution < 1.29 is 29.7 Å². The molecule has 1 aromatic carbocycles. The van der Waals surface area contributed by atoms with Crippen LogP contribution in [0.25, 0.3) is 0 Å². The molecule has 0 atom stereocenters. The molecular weight excluding hydrogens is 396 g/mol. The average Bonchev–Trinajstić information content (AvgIpc) is 2.70. The van der Waals surface area contributed by atoms with Gasteiger partial charge >= 0.3 is 130 Å². The van der Waals surface area contributed by atoms with Gasteiger partial charge in [0.05, 0.1) is 0 Å². The zero-order chi connectivity index (χ0) is 17.1. The summed E-state index contributed by atoms with van der Waals surface area (Å²) in [6, 6.07) is 8.65.